The minimum Gasteiger partial charge on any atom is -0.495 e. The fraction of sp³-hybridized carbons (Fsp3) is 0.316. The van der Waals surface area contributed by atoms with Crippen LogP contribution in [0.15, 0.2) is 36.7 Å². The summed E-state index contributed by atoms with van der Waals surface area (Å²) >= 11 is 5.96. The van der Waals surface area contributed by atoms with Gasteiger partial charge in [0.15, 0.2) is 0 Å². The van der Waals surface area contributed by atoms with E-state index in [9.17, 15) is 9.18 Å². The average Bonchev–Trinajstić information content (AvgIpc) is 3.10. The lowest BCUT2D eigenvalue weighted by Crippen LogP contribution is -2.49. The molecule has 1 fully saturated rings. The monoisotopic (exact) mass is 403 g/mol. The molecule has 0 N–H and O–H groups in total. The molecular formula is C19H19ClFN5O2. The molecule has 0 spiro atoms. The predicted molar refractivity (Wildman–Crippen MR) is 104 cm³/mol. The zero-order valence-electron chi connectivity index (χ0n) is 15.3. The number of carbonyl (C=O) groups excluding carboxylic acids is 1. The molecule has 3 heterocycles. The molecule has 7 nitrogen and oxygen atoms in total. The first-order chi connectivity index (χ1) is 13.5. The first-order valence-corrected chi connectivity index (χ1v) is 9.27. The molecular weight excluding hydrogens is 385 g/mol. The van der Waals surface area contributed by atoms with E-state index in [1.54, 1.807) is 28.0 Å². The molecule has 0 saturated carbocycles. The second-order valence-electron chi connectivity index (χ2n) is 6.54. The number of ether oxygens (including phenoxy) is 1. The van der Waals surface area contributed by atoms with Crippen LogP contribution in [0.4, 0.5) is 10.1 Å². The molecule has 28 heavy (non-hydrogen) atoms. The van der Waals surface area contributed by atoms with Gasteiger partial charge in [-0.15, -0.1) is 0 Å². The van der Waals surface area contributed by atoms with Crippen LogP contribution >= 0.6 is 11.6 Å². The first-order valence-electron chi connectivity index (χ1n) is 8.89. The van der Waals surface area contributed by atoms with Gasteiger partial charge in [0, 0.05) is 38.4 Å². The summed E-state index contributed by atoms with van der Waals surface area (Å²) in [6, 6.07) is 6.52. The highest BCUT2D eigenvalue weighted by molar-refractivity contribution is 6.32. The number of amides is 1. The molecule has 3 aromatic rings. The number of nitrogens with zero attached hydrogens (tertiary/aromatic N) is 5. The Morgan fingerprint density at radius 3 is 2.75 bits per heavy atom. The topological polar surface area (TPSA) is 63.5 Å². The van der Waals surface area contributed by atoms with Gasteiger partial charge in [-0.05, 0) is 18.2 Å². The Morgan fingerprint density at radius 1 is 1.25 bits per heavy atom. The van der Waals surface area contributed by atoms with Crippen LogP contribution in [-0.4, -0.2) is 58.9 Å². The van der Waals surface area contributed by atoms with Gasteiger partial charge in [0.25, 0.3) is 0 Å². The first kappa shape index (κ1) is 18.5. The molecule has 2 aromatic heterocycles. The molecule has 1 amide bonds. The summed E-state index contributed by atoms with van der Waals surface area (Å²) in [6.07, 6.45) is 3.46. The molecule has 1 aliphatic heterocycles. The smallest absolute Gasteiger partial charge is 0.244 e. The number of anilines is 1. The lowest BCUT2D eigenvalue weighted by atomic mass is 10.2. The van der Waals surface area contributed by atoms with Crippen LogP contribution in [0.3, 0.4) is 0 Å². The number of aromatic nitrogens is 3. The molecule has 1 saturated heterocycles. The van der Waals surface area contributed by atoms with Gasteiger partial charge in [-0.3, -0.25) is 14.5 Å². The second-order valence-corrected chi connectivity index (χ2v) is 6.95. The molecule has 0 unspecified atom stereocenters. The largest absolute Gasteiger partial charge is 0.495 e. The standard InChI is InChI=1S/C19H19ClFN5O2/c1-28-18-10-17(14(21)9-13(18)20)24-5-7-25(8-6-24)19(27)12-26-11-16-15(23-26)3-2-4-22-16/h2-4,9-11H,5-8,12H2,1H3. The van der Waals surface area contributed by atoms with E-state index in [0.29, 0.717) is 37.6 Å². The SMILES string of the molecule is COc1cc(N2CCN(C(=O)Cn3cc4ncccc4n3)CC2)c(F)cc1Cl. The molecule has 0 aliphatic carbocycles. The highest BCUT2D eigenvalue weighted by Gasteiger charge is 2.24. The van der Waals surface area contributed by atoms with Gasteiger partial charge >= 0.3 is 0 Å². The van der Waals surface area contributed by atoms with E-state index in [-0.39, 0.29) is 17.5 Å². The Balaban J connectivity index is 1.40. The van der Waals surface area contributed by atoms with Crippen molar-refractivity contribution in [1.82, 2.24) is 19.7 Å². The van der Waals surface area contributed by atoms with E-state index >= 15 is 0 Å². The molecule has 146 valence electrons. The van der Waals surface area contributed by atoms with E-state index in [2.05, 4.69) is 10.1 Å². The molecule has 1 aromatic carbocycles. The van der Waals surface area contributed by atoms with Crippen molar-refractivity contribution in [2.24, 2.45) is 0 Å². The van der Waals surface area contributed by atoms with Gasteiger partial charge < -0.3 is 14.5 Å². The summed E-state index contributed by atoms with van der Waals surface area (Å²) in [5, 5.41) is 4.60. The quantitative estimate of drug-likeness (QED) is 0.670. The number of carbonyl (C=O) groups is 1. The van der Waals surface area contributed by atoms with Crippen molar-refractivity contribution in [3.05, 3.63) is 47.5 Å². The van der Waals surface area contributed by atoms with E-state index < -0.39 is 5.82 Å². The molecule has 0 bridgehead atoms. The molecule has 4 rings (SSSR count). The summed E-state index contributed by atoms with van der Waals surface area (Å²) in [5.41, 5.74) is 1.94. The van der Waals surface area contributed by atoms with Crippen LogP contribution in [0.25, 0.3) is 11.0 Å². The van der Waals surface area contributed by atoms with Crippen molar-refractivity contribution < 1.29 is 13.9 Å². The number of piperazine rings is 1. The number of pyridine rings is 1. The number of hydrogen-bond acceptors (Lipinski definition) is 5. The van der Waals surface area contributed by atoms with E-state index in [1.165, 1.54) is 13.2 Å². The zero-order chi connectivity index (χ0) is 19.7. The van der Waals surface area contributed by atoms with Gasteiger partial charge in [0.2, 0.25) is 5.91 Å². The Kier molecular flexibility index (Phi) is 5.04. The predicted octanol–water partition coefficient (Wildman–Crippen LogP) is 2.58. The Labute approximate surface area is 166 Å². The van der Waals surface area contributed by atoms with Crippen molar-refractivity contribution in [3.8, 4) is 5.75 Å². The molecule has 0 radical (unpaired) electrons. The second kappa shape index (κ2) is 7.63. The molecule has 0 atom stereocenters. The number of rotatable bonds is 4. The lowest BCUT2D eigenvalue weighted by Gasteiger charge is -2.36. The van der Waals surface area contributed by atoms with Crippen molar-refractivity contribution >= 4 is 34.2 Å². The third-order valence-corrected chi connectivity index (χ3v) is 5.11. The van der Waals surface area contributed by atoms with Crippen LogP contribution in [0.5, 0.6) is 5.75 Å². The summed E-state index contributed by atoms with van der Waals surface area (Å²) in [6.45, 7) is 2.20. The molecule has 1 aliphatic rings. The van der Waals surface area contributed by atoms with Gasteiger partial charge in [-0.25, -0.2) is 4.39 Å². The number of hydrogen-bond donors (Lipinski definition) is 0. The number of benzene rings is 1. The van der Waals surface area contributed by atoms with Gasteiger partial charge in [0.05, 0.1) is 24.0 Å². The minimum atomic E-state index is -0.402. The molecule has 9 heteroatoms. The fourth-order valence-electron chi connectivity index (χ4n) is 3.33. The number of fused-ring (bicyclic) bond motifs is 1. The van der Waals surface area contributed by atoms with Crippen LogP contribution in [-0.2, 0) is 11.3 Å². The lowest BCUT2D eigenvalue weighted by molar-refractivity contribution is -0.132. The maximum absolute atomic E-state index is 14.3. The summed E-state index contributed by atoms with van der Waals surface area (Å²) in [4.78, 5) is 20.5. The minimum absolute atomic E-state index is 0.0263. The van der Waals surface area contributed by atoms with Crippen molar-refractivity contribution in [3.63, 3.8) is 0 Å². The van der Waals surface area contributed by atoms with E-state index in [0.717, 1.165) is 11.0 Å². The van der Waals surface area contributed by atoms with Crippen LogP contribution in [0.1, 0.15) is 0 Å². The van der Waals surface area contributed by atoms with Crippen molar-refractivity contribution in [2.45, 2.75) is 6.54 Å². The van der Waals surface area contributed by atoms with Gasteiger partial charge in [-0.2, -0.15) is 5.10 Å². The van der Waals surface area contributed by atoms with Crippen molar-refractivity contribution in [2.75, 3.05) is 38.2 Å². The maximum atomic E-state index is 14.3. The Hall–Kier alpha value is -2.87. The highest BCUT2D eigenvalue weighted by Crippen LogP contribution is 2.32. The summed E-state index contributed by atoms with van der Waals surface area (Å²) < 4.78 is 21.1. The third-order valence-electron chi connectivity index (χ3n) is 4.82. The van der Waals surface area contributed by atoms with Crippen molar-refractivity contribution in [1.29, 1.82) is 0 Å². The average molecular weight is 404 g/mol. The third kappa shape index (κ3) is 3.60. The van der Waals surface area contributed by atoms with E-state index in [4.69, 9.17) is 16.3 Å². The van der Waals surface area contributed by atoms with Crippen LogP contribution in [0, 0.1) is 5.82 Å². The maximum Gasteiger partial charge on any atom is 0.244 e. The highest BCUT2D eigenvalue weighted by atomic mass is 35.5. The van der Waals surface area contributed by atoms with Crippen LogP contribution < -0.4 is 9.64 Å². The fourth-order valence-corrected chi connectivity index (χ4v) is 3.56. The normalized spacial score (nSPS) is 14.5. The number of halogens is 2. The zero-order valence-corrected chi connectivity index (χ0v) is 16.1. The van der Waals surface area contributed by atoms with Gasteiger partial charge in [-0.1, -0.05) is 11.6 Å². The Morgan fingerprint density at radius 2 is 2.04 bits per heavy atom. The van der Waals surface area contributed by atoms with Crippen LogP contribution in [0.2, 0.25) is 5.02 Å². The number of methoxy groups -OCH3 is 1. The van der Waals surface area contributed by atoms with E-state index in [1.807, 2.05) is 17.0 Å². The summed E-state index contributed by atoms with van der Waals surface area (Å²) in [7, 11) is 1.49. The summed E-state index contributed by atoms with van der Waals surface area (Å²) in [5.74, 6) is -0.00106. The Bertz CT molecular complexity index is 984. The van der Waals surface area contributed by atoms with Gasteiger partial charge in [0.1, 0.15) is 29.1 Å².